The molecular formula is C23H15F6NO2. The molecule has 3 nitrogen and oxygen atoms in total. The maximum Gasteiger partial charge on any atom is 0.416 e. The lowest BCUT2D eigenvalue weighted by Gasteiger charge is -2.12. The summed E-state index contributed by atoms with van der Waals surface area (Å²) in [6, 6.07) is 10.3. The van der Waals surface area contributed by atoms with E-state index in [0.717, 1.165) is 30.3 Å². The number of hydrogen-bond acceptors (Lipinski definition) is 2. The summed E-state index contributed by atoms with van der Waals surface area (Å²) in [7, 11) is 0. The minimum atomic E-state index is -4.61. The number of ketones is 1. The number of nitrogens with one attached hydrogen (secondary N) is 1. The largest absolute Gasteiger partial charge is 0.416 e. The molecule has 3 aromatic rings. The van der Waals surface area contributed by atoms with Gasteiger partial charge in [0.1, 0.15) is 23.2 Å². The molecule has 0 aliphatic rings. The highest BCUT2D eigenvalue weighted by molar-refractivity contribution is 6.04. The van der Waals surface area contributed by atoms with E-state index in [0.29, 0.717) is 6.07 Å². The highest BCUT2D eigenvalue weighted by Crippen LogP contribution is 2.32. The Morgan fingerprint density at radius 1 is 0.812 bits per heavy atom. The molecule has 166 valence electrons. The van der Waals surface area contributed by atoms with Crippen molar-refractivity contribution < 1.29 is 35.9 Å². The molecule has 3 aromatic carbocycles. The summed E-state index contributed by atoms with van der Waals surface area (Å²) in [5.41, 5.74) is -1.75. The molecule has 0 spiro atoms. The van der Waals surface area contributed by atoms with Crippen LogP contribution in [0.2, 0.25) is 0 Å². The molecule has 1 amide bonds. The van der Waals surface area contributed by atoms with E-state index in [2.05, 4.69) is 5.32 Å². The van der Waals surface area contributed by atoms with E-state index in [-0.39, 0.29) is 23.2 Å². The lowest BCUT2D eigenvalue weighted by molar-refractivity contribution is -0.138. The van der Waals surface area contributed by atoms with Crippen molar-refractivity contribution in [2.24, 2.45) is 0 Å². The Morgan fingerprint density at radius 3 is 2.22 bits per heavy atom. The van der Waals surface area contributed by atoms with Crippen molar-refractivity contribution >= 4 is 17.4 Å². The van der Waals surface area contributed by atoms with Gasteiger partial charge in [-0.15, -0.1) is 0 Å². The smallest absolute Gasteiger partial charge is 0.319 e. The third-order valence-corrected chi connectivity index (χ3v) is 4.57. The Labute approximate surface area is 178 Å². The molecule has 0 saturated carbocycles. The van der Waals surface area contributed by atoms with Crippen LogP contribution in [0.4, 0.5) is 32.0 Å². The zero-order chi connectivity index (χ0) is 23.5. The monoisotopic (exact) mass is 451 g/mol. The van der Waals surface area contributed by atoms with Gasteiger partial charge in [-0.25, -0.2) is 13.2 Å². The quantitative estimate of drug-likeness (QED) is 0.487. The minimum absolute atomic E-state index is 0.188. The number of rotatable bonds is 6. The summed E-state index contributed by atoms with van der Waals surface area (Å²) in [4.78, 5) is 24.5. The van der Waals surface area contributed by atoms with Gasteiger partial charge in [-0.05, 0) is 41.5 Å². The van der Waals surface area contributed by atoms with Crippen LogP contribution in [0.25, 0.3) is 0 Å². The van der Waals surface area contributed by atoms with Crippen LogP contribution < -0.4 is 5.32 Å². The van der Waals surface area contributed by atoms with E-state index in [1.165, 1.54) is 24.3 Å². The van der Waals surface area contributed by atoms with Crippen molar-refractivity contribution in [2.75, 3.05) is 5.32 Å². The summed E-state index contributed by atoms with van der Waals surface area (Å²) in [6.45, 7) is 0. The number of benzene rings is 3. The van der Waals surface area contributed by atoms with Crippen LogP contribution in [0.3, 0.4) is 0 Å². The maximum absolute atomic E-state index is 14.1. The summed E-state index contributed by atoms with van der Waals surface area (Å²) < 4.78 is 80.1. The molecular weight excluding hydrogens is 436 g/mol. The van der Waals surface area contributed by atoms with Crippen molar-refractivity contribution in [1.29, 1.82) is 0 Å². The number of amides is 1. The van der Waals surface area contributed by atoms with Gasteiger partial charge in [-0.2, -0.15) is 13.2 Å². The number of anilines is 1. The third-order valence-electron chi connectivity index (χ3n) is 4.57. The molecule has 0 radical (unpaired) electrons. The molecule has 0 aliphatic heterocycles. The van der Waals surface area contributed by atoms with Crippen molar-refractivity contribution in [1.82, 2.24) is 0 Å². The first-order valence-corrected chi connectivity index (χ1v) is 9.26. The van der Waals surface area contributed by atoms with Gasteiger partial charge in [0.2, 0.25) is 0 Å². The van der Waals surface area contributed by atoms with Gasteiger partial charge in [0.25, 0.3) is 5.91 Å². The number of Topliss-reactive ketones (excluding diaryl/α,β-unsaturated/α-hetero) is 1. The molecule has 0 saturated heterocycles. The molecule has 32 heavy (non-hydrogen) atoms. The van der Waals surface area contributed by atoms with Gasteiger partial charge in [-0.3, -0.25) is 9.59 Å². The molecule has 0 aromatic heterocycles. The standard InChI is InChI=1S/C23H15F6NO2/c24-15-6-7-17(20(26)12-15)22(32)30-21-10-13(5-8-19(21)25)9-16(31)11-14-3-1-2-4-18(14)23(27,28)29/h1-8,10,12H,9,11H2,(H,30,32). The average molecular weight is 451 g/mol. The van der Waals surface area contributed by atoms with Crippen LogP contribution in [-0.4, -0.2) is 11.7 Å². The third kappa shape index (κ3) is 5.54. The van der Waals surface area contributed by atoms with Crippen LogP contribution in [0.1, 0.15) is 27.0 Å². The van der Waals surface area contributed by atoms with Crippen LogP contribution in [0, 0.1) is 17.5 Å². The normalized spacial score (nSPS) is 11.3. The fraction of sp³-hybridized carbons (Fsp3) is 0.130. The Balaban J connectivity index is 1.75. The first-order valence-electron chi connectivity index (χ1n) is 9.26. The lowest BCUT2D eigenvalue weighted by atomic mass is 9.98. The second kappa shape index (κ2) is 9.25. The van der Waals surface area contributed by atoms with E-state index in [1.807, 2.05) is 0 Å². The molecule has 0 bridgehead atoms. The summed E-state index contributed by atoms with van der Waals surface area (Å²) in [6.07, 6.45) is -5.42. The highest BCUT2D eigenvalue weighted by atomic mass is 19.4. The molecule has 0 fully saturated rings. The van der Waals surface area contributed by atoms with Gasteiger partial charge in [0.05, 0.1) is 16.8 Å². The zero-order valence-corrected chi connectivity index (χ0v) is 16.3. The van der Waals surface area contributed by atoms with E-state index in [1.54, 1.807) is 0 Å². The predicted octanol–water partition coefficient (Wildman–Crippen LogP) is 5.73. The predicted molar refractivity (Wildman–Crippen MR) is 105 cm³/mol. The molecule has 0 heterocycles. The number of halogens is 6. The molecule has 0 atom stereocenters. The van der Waals surface area contributed by atoms with E-state index in [9.17, 15) is 35.9 Å². The number of carbonyl (C=O) groups is 2. The van der Waals surface area contributed by atoms with Crippen LogP contribution >= 0.6 is 0 Å². The SMILES string of the molecule is O=C(Cc1ccc(F)c(NC(=O)c2ccc(F)cc2F)c1)Cc1ccccc1C(F)(F)F. The highest BCUT2D eigenvalue weighted by Gasteiger charge is 2.33. The first kappa shape index (κ1) is 23.1. The molecule has 0 aliphatic carbocycles. The van der Waals surface area contributed by atoms with Gasteiger partial charge in [0.15, 0.2) is 0 Å². The van der Waals surface area contributed by atoms with Gasteiger partial charge in [0, 0.05) is 18.9 Å². The van der Waals surface area contributed by atoms with Crippen LogP contribution in [0.5, 0.6) is 0 Å². The summed E-state index contributed by atoms with van der Waals surface area (Å²) >= 11 is 0. The number of carbonyl (C=O) groups excluding carboxylic acids is 2. The maximum atomic E-state index is 14.1. The topological polar surface area (TPSA) is 46.2 Å². The number of alkyl halides is 3. The zero-order valence-electron chi connectivity index (χ0n) is 16.3. The fourth-order valence-corrected chi connectivity index (χ4v) is 3.10. The van der Waals surface area contributed by atoms with Crippen molar-refractivity contribution in [2.45, 2.75) is 19.0 Å². The second-order valence-electron chi connectivity index (χ2n) is 6.94. The Bertz CT molecular complexity index is 1170. The Morgan fingerprint density at radius 2 is 1.53 bits per heavy atom. The molecule has 3 rings (SSSR count). The minimum Gasteiger partial charge on any atom is -0.319 e. The summed E-state index contributed by atoms with van der Waals surface area (Å²) in [5, 5.41) is 2.14. The molecule has 9 heteroatoms. The van der Waals surface area contributed by atoms with Crippen LogP contribution in [-0.2, 0) is 23.8 Å². The second-order valence-corrected chi connectivity index (χ2v) is 6.94. The van der Waals surface area contributed by atoms with Crippen molar-refractivity contribution in [3.05, 3.63) is 100 Å². The first-order chi connectivity index (χ1) is 15.0. The van der Waals surface area contributed by atoms with Gasteiger partial charge < -0.3 is 5.32 Å². The lowest BCUT2D eigenvalue weighted by Crippen LogP contribution is -2.16. The fourth-order valence-electron chi connectivity index (χ4n) is 3.10. The Kier molecular flexibility index (Phi) is 6.67. The Hall–Kier alpha value is -3.62. The van der Waals surface area contributed by atoms with Gasteiger partial charge >= 0.3 is 6.18 Å². The summed E-state index contributed by atoms with van der Waals surface area (Å²) in [5.74, 6) is -4.51. The average Bonchev–Trinajstić information content (AvgIpc) is 2.70. The van der Waals surface area contributed by atoms with E-state index < -0.39 is 52.9 Å². The molecule has 1 N–H and O–H groups in total. The molecule has 0 unspecified atom stereocenters. The van der Waals surface area contributed by atoms with E-state index >= 15 is 0 Å². The van der Waals surface area contributed by atoms with Gasteiger partial charge in [-0.1, -0.05) is 24.3 Å². The number of hydrogen-bond donors (Lipinski definition) is 1. The van der Waals surface area contributed by atoms with Crippen molar-refractivity contribution in [3.63, 3.8) is 0 Å². The van der Waals surface area contributed by atoms with E-state index in [4.69, 9.17) is 0 Å². The van der Waals surface area contributed by atoms with Crippen LogP contribution in [0.15, 0.2) is 60.7 Å². The van der Waals surface area contributed by atoms with Crippen molar-refractivity contribution in [3.8, 4) is 0 Å².